The van der Waals surface area contributed by atoms with Gasteiger partial charge in [-0.3, -0.25) is 9.56 Å². The van der Waals surface area contributed by atoms with Gasteiger partial charge >= 0.3 is 11.4 Å². The molecule has 0 bridgehead atoms. The van der Waals surface area contributed by atoms with Crippen LogP contribution in [0.3, 0.4) is 0 Å². The predicted octanol–water partition coefficient (Wildman–Crippen LogP) is 8.20. The second-order valence-corrected chi connectivity index (χ2v) is 11.9. The lowest BCUT2D eigenvalue weighted by Crippen LogP contribution is -2.42. The Bertz CT molecular complexity index is 1900. The molecule has 0 aliphatic heterocycles. The topological polar surface area (TPSA) is 105 Å². The van der Waals surface area contributed by atoms with E-state index in [1.165, 1.54) is 16.7 Å². The number of rotatable bonds is 12. The van der Waals surface area contributed by atoms with E-state index in [1.807, 2.05) is 52.8 Å². The van der Waals surface area contributed by atoms with Crippen molar-refractivity contribution >= 4 is 29.0 Å². The molecular weight excluding hydrogens is 615 g/mol. The zero-order valence-corrected chi connectivity index (χ0v) is 29.3. The number of nitrogens with zero attached hydrogens (tertiary/aromatic N) is 5. The van der Waals surface area contributed by atoms with Crippen LogP contribution in [0.5, 0.6) is 0 Å². The molecule has 1 aromatic heterocycles. The van der Waals surface area contributed by atoms with Crippen LogP contribution in [0.1, 0.15) is 91.3 Å². The Hall–Kier alpha value is -4.55. The maximum Gasteiger partial charge on any atom is 0.359 e. The quantitative estimate of drug-likeness (QED) is 0.232. The second kappa shape index (κ2) is 16.8. The average molecular weight is 659 g/mol. The summed E-state index contributed by atoms with van der Waals surface area (Å²) in [5.41, 5.74) is 3.96. The summed E-state index contributed by atoms with van der Waals surface area (Å²) in [4.78, 5) is 37.0. The Morgan fingerprint density at radius 3 is 2.47 bits per heavy atom. The number of aromatic nitrogens is 3. The molecule has 0 saturated carbocycles. The Morgan fingerprint density at radius 1 is 1.15 bits per heavy atom. The summed E-state index contributed by atoms with van der Waals surface area (Å²) >= 11 is 6.73. The van der Waals surface area contributed by atoms with Crippen LogP contribution in [0, 0.1) is 17.1 Å². The highest BCUT2D eigenvalue weighted by molar-refractivity contribution is 6.35. The Morgan fingerprint density at radius 2 is 1.87 bits per heavy atom. The molecule has 1 unspecified atom stereocenters. The molecule has 0 fully saturated rings. The first kappa shape index (κ1) is 36.9. The van der Waals surface area contributed by atoms with E-state index in [0.717, 1.165) is 39.8 Å². The number of aryl methyl sites for hydroxylation is 1. The van der Waals surface area contributed by atoms with E-state index >= 15 is 0 Å². The minimum atomic E-state index is -0.783. The number of nitriles is 1. The lowest BCUT2D eigenvalue weighted by atomic mass is 10.00. The summed E-state index contributed by atoms with van der Waals surface area (Å²) in [5, 5.41) is 13.0. The van der Waals surface area contributed by atoms with Crippen LogP contribution in [-0.4, -0.2) is 25.9 Å². The molecule has 1 atom stereocenters. The normalized spacial score (nSPS) is 16.7. The third kappa shape index (κ3) is 9.05. The molecule has 1 aromatic carbocycles. The number of benzene rings is 1. The van der Waals surface area contributed by atoms with Crippen molar-refractivity contribution in [2.24, 2.45) is 4.99 Å². The van der Waals surface area contributed by atoms with Gasteiger partial charge in [0, 0.05) is 6.04 Å². The fourth-order valence-electron chi connectivity index (χ4n) is 5.03. The predicted molar refractivity (Wildman–Crippen MR) is 191 cm³/mol. The van der Waals surface area contributed by atoms with Gasteiger partial charge in [-0.25, -0.2) is 18.5 Å². The molecular formula is C37H44ClFN6O2. The number of anilines is 1. The molecule has 1 N–H and O–H groups in total. The van der Waals surface area contributed by atoms with Gasteiger partial charge in [0.1, 0.15) is 11.9 Å². The molecule has 1 heterocycles. The Kier molecular flexibility index (Phi) is 13.2. The smallest absolute Gasteiger partial charge is 0.324 e. The van der Waals surface area contributed by atoms with Crippen molar-refractivity contribution in [1.82, 2.24) is 14.1 Å². The van der Waals surface area contributed by atoms with Crippen molar-refractivity contribution in [1.29, 1.82) is 5.26 Å². The Balaban J connectivity index is 2.30. The first-order chi connectivity index (χ1) is 22.4. The van der Waals surface area contributed by atoms with Crippen molar-refractivity contribution in [3.63, 3.8) is 0 Å². The largest absolute Gasteiger partial charge is 0.359 e. The van der Waals surface area contributed by atoms with Crippen LogP contribution >= 0.6 is 11.6 Å². The fourth-order valence-corrected chi connectivity index (χ4v) is 5.23. The van der Waals surface area contributed by atoms with Gasteiger partial charge in [0.05, 0.1) is 34.2 Å². The fraction of sp³-hybridized carbons (Fsp3) is 0.378. The van der Waals surface area contributed by atoms with Gasteiger partial charge in [-0.15, -0.1) is 0 Å². The number of halogens is 2. The van der Waals surface area contributed by atoms with E-state index in [2.05, 4.69) is 24.1 Å². The SMILES string of the molecule is C/C=C1/C=C(Nc2nc(=O)n(C(/C=C(C)\C=C(/C)CC)=C/C)c(=O)n2Cc2cc(C#N)c(F)cc2CCC)C(Cl)=C/C1=N/C(C)CC. The van der Waals surface area contributed by atoms with Crippen molar-refractivity contribution in [3.8, 4) is 6.07 Å². The molecule has 1 aliphatic rings. The summed E-state index contributed by atoms with van der Waals surface area (Å²) in [6, 6.07) is 4.77. The van der Waals surface area contributed by atoms with Crippen LogP contribution in [0.25, 0.3) is 5.70 Å². The van der Waals surface area contributed by atoms with Gasteiger partial charge in [-0.2, -0.15) is 10.2 Å². The molecule has 1 aliphatic carbocycles. The third-order valence-electron chi connectivity index (χ3n) is 7.91. The van der Waals surface area contributed by atoms with Crippen LogP contribution in [0.15, 0.2) is 90.6 Å². The molecule has 10 heteroatoms. The second-order valence-electron chi connectivity index (χ2n) is 11.5. The van der Waals surface area contributed by atoms with E-state index in [1.54, 1.807) is 31.2 Å². The number of nitrogens with one attached hydrogen (secondary N) is 1. The van der Waals surface area contributed by atoms with Crippen molar-refractivity contribution in [2.45, 2.75) is 93.7 Å². The monoisotopic (exact) mass is 658 g/mol. The maximum absolute atomic E-state index is 14.7. The van der Waals surface area contributed by atoms with E-state index in [0.29, 0.717) is 40.4 Å². The molecule has 0 radical (unpaired) electrons. The first-order valence-electron chi connectivity index (χ1n) is 16.0. The van der Waals surface area contributed by atoms with Gasteiger partial charge in [0.15, 0.2) is 0 Å². The van der Waals surface area contributed by atoms with E-state index in [-0.39, 0.29) is 24.1 Å². The molecule has 0 amide bonds. The first-order valence-corrected chi connectivity index (χ1v) is 16.4. The van der Waals surface area contributed by atoms with Crippen molar-refractivity contribution in [3.05, 3.63) is 120 Å². The van der Waals surface area contributed by atoms with Gasteiger partial charge in [-0.1, -0.05) is 62.6 Å². The number of hydrogen-bond donors (Lipinski definition) is 1. The van der Waals surface area contributed by atoms with E-state index in [4.69, 9.17) is 16.6 Å². The highest BCUT2D eigenvalue weighted by Gasteiger charge is 2.22. The summed E-state index contributed by atoms with van der Waals surface area (Å²) in [7, 11) is 0. The van der Waals surface area contributed by atoms with Crippen molar-refractivity contribution < 1.29 is 4.39 Å². The van der Waals surface area contributed by atoms with Crippen LogP contribution < -0.4 is 16.7 Å². The molecule has 8 nitrogen and oxygen atoms in total. The lowest BCUT2D eigenvalue weighted by molar-refractivity contribution is 0.615. The van der Waals surface area contributed by atoms with Gasteiger partial charge in [0.25, 0.3) is 0 Å². The molecule has 3 rings (SSSR count). The molecule has 2 aromatic rings. The van der Waals surface area contributed by atoms with Gasteiger partial charge < -0.3 is 5.32 Å². The molecule has 248 valence electrons. The molecule has 0 saturated heterocycles. The number of allylic oxidation sites excluding steroid dienone is 11. The summed E-state index contributed by atoms with van der Waals surface area (Å²) < 4.78 is 17.0. The highest BCUT2D eigenvalue weighted by Crippen LogP contribution is 2.26. The molecule has 47 heavy (non-hydrogen) atoms. The minimum absolute atomic E-state index is 0.0463. The Labute approximate surface area is 281 Å². The van der Waals surface area contributed by atoms with Gasteiger partial charge in [-0.05, 0) is 107 Å². The highest BCUT2D eigenvalue weighted by atomic mass is 35.5. The number of hydrogen-bond acceptors (Lipinski definition) is 6. The summed E-state index contributed by atoms with van der Waals surface area (Å²) in [6.07, 6.45) is 13.8. The third-order valence-corrected chi connectivity index (χ3v) is 8.23. The van der Waals surface area contributed by atoms with Crippen LogP contribution in [-0.2, 0) is 13.0 Å². The summed E-state index contributed by atoms with van der Waals surface area (Å²) in [6.45, 7) is 15.5. The van der Waals surface area contributed by atoms with Crippen LogP contribution in [0.4, 0.5) is 10.3 Å². The average Bonchev–Trinajstić information content (AvgIpc) is 3.04. The van der Waals surface area contributed by atoms with Crippen molar-refractivity contribution in [2.75, 3.05) is 5.32 Å². The number of aliphatic imine (C=N–C) groups is 1. The van der Waals surface area contributed by atoms with E-state index < -0.39 is 17.2 Å². The zero-order chi connectivity index (χ0) is 34.8. The van der Waals surface area contributed by atoms with Gasteiger partial charge in [0.2, 0.25) is 5.95 Å². The zero-order valence-electron chi connectivity index (χ0n) is 28.5. The van der Waals surface area contributed by atoms with Crippen LogP contribution in [0.2, 0.25) is 0 Å². The lowest BCUT2D eigenvalue weighted by Gasteiger charge is -2.21. The minimum Gasteiger partial charge on any atom is -0.324 e. The van der Waals surface area contributed by atoms with E-state index in [9.17, 15) is 19.2 Å². The standard InChI is InChI=1S/C37H44ClFN6O2/c1-9-14-27-18-32(39)28(21-40)17-29(27)22-44-35(42-34-19-26(12-4)33(20-31(34)38)41-25(8)11-3)43-36(46)45(37(44)47)30(13-5)16-24(7)15-23(6)10-2/h12-13,15-20,25H,9-11,14,22H2,1-8H3,(H,42,43,46)/b23-15+,24-16-,26-12-,30-13+,41-33-. The molecule has 0 spiro atoms. The maximum atomic E-state index is 14.7. The summed E-state index contributed by atoms with van der Waals surface area (Å²) in [5.74, 6) is -0.672.